The molecule has 3 rings (SSSR count). The maximum Gasteiger partial charge on any atom is 0.419 e. The van der Waals surface area contributed by atoms with Crippen molar-refractivity contribution in [2.45, 2.75) is 0 Å². The SMILES string of the molecule is Nc1cccc(Cl)c1C(=O)O.O=c1[nH]c2cccc(Cl)c2c(=O)o1. The Morgan fingerprint density at radius 1 is 1.08 bits per heavy atom. The fourth-order valence-corrected chi connectivity index (χ4v) is 2.39. The number of hydrogen-bond acceptors (Lipinski definition) is 5. The minimum atomic E-state index is -1.10. The van der Waals surface area contributed by atoms with Crippen LogP contribution in [-0.2, 0) is 0 Å². The number of carboxylic acid groups (broad SMARTS) is 1. The van der Waals surface area contributed by atoms with Gasteiger partial charge < -0.3 is 15.3 Å². The number of carboxylic acids is 1. The number of nitrogen functional groups attached to an aromatic ring is 1. The summed E-state index contributed by atoms with van der Waals surface area (Å²) in [6.07, 6.45) is 0. The van der Waals surface area contributed by atoms with Gasteiger partial charge in [0.2, 0.25) is 0 Å². The third-order valence-corrected chi connectivity index (χ3v) is 3.53. The van der Waals surface area contributed by atoms with Crippen molar-refractivity contribution < 1.29 is 14.3 Å². The molecule has 2 aromatic carbocycles. The molecular weight excluding hydrogens is 359 g/mol. The van der Waals surface area contributed by atoms with Gasteiger partial charge in [-0.25, -0.2) is 14.4 Å². The lowest BCUT2D eigenvalue weighted by Gasteiger charge is -2.00. The molecule has 4 N–H and O–H groups in total. The Morgan fingerprint density at radius 3 is 2.29 bits per heavy atom. The van der Waals surface area contributed by atoms with Crippen molar-refractivity contribution >= 4 is 45.8 Å². The number of aromatic carboxylic acids is 1. The zero-order chi connectivity index (χ0) is 17.9. The number of nitrogens with two attached hydrogens (primary N) is 1. The van der Waals surface area contributed by atoms with Crippen LogP contribution in [0, 0.1) is 0 Å². The number of H-pyrrole nitrogens is 1. The molecule has 1 heterocycles. The third kappa shape index (κ3) is 3.76. The molecule has 0 fully saturated rings. The number of benzene rings is 2. The number of nitrogens with one attached hydrogen (secondary N) is 1. The quantitative estimate of drug-likeness (QED) is 0.566. The minimum Gasteiger partial charge on any atom is -0.478 e. The van der Waals surface area contributed by atoms with Crippen LogP contribution in [0.5, 0.6) is 0 Å². The van der Waals surface area contributed by atoms with E-state index in [0.717, 1.165) is 0 Å². The van der Waals surface area contributed by atoms with Crippen molar-refractivity contribution in [1.82, 2.24) is 4.98 Å². The van der Waals surface area contributed by atoms with Crippen LogP contribution in [0.15, 0.2) is 50.4 Å². The number of rotatable bonds is 1. The number of aromatic nitrogens is 1. The molecule has 0 unspecified atom stereocenters. The molecule has 24 heavy (non-hydrogen) atoms. The van der Waals surface area contributed by atoms with Crippen LogP contribution in [0.25, 0.3) is 10.9 Å². The van der Waals surface area contributed by atoms with E-state index in [1.807, 2.05) is 0 Å². The lowest BCUT2D eigenvalue weighted by Crippen LogP contribution is -2.14. The molecule has 1 aromatic heterocycles. The summed E-state index contributed by atoms with van der Waals surface area (Å²) in [6.45, 7) is 0. The molecule has 0 radical (unpaired) electrons. The molecule has 9 heteroatoms. The number of hydrogen-bond donors (Lipinski definition) is 3. The fraction of sp³-hybridized carbons (Fsp3) is 0. The minimum absolute atomic E-state index is 0.0332. The molecule has 0 spiro atoms. The smallest absolute Gasteiger partial charge is 0.419 e. The molecule has 0 bridgehead atoms. The Hall–Kier alpha value is -2.77. The standard InChI is InChI=1S/C8H4ClNO3.C7H6ClNO2/c9-4-2-1-3-5-6(4)7(11)13-8(12)10-5;8-4-2-1-3-5(9)6(4)7(10)11/h1-3H,(H,10,12);1-3H,9H2,(H,10,11). The molecule has 0 saturated heterocycles. The van der Waals surface area contributed by atoms with Gasteiger partial charge in [-0.3, -0.25) is 4.98 Å². The summed E-state index contributed by atoms with van der Waals surface area (Å²) in [6, 6.07) is 9.36. The summed E-state index contributed by atoms with van der Waals surface area (Å²) >= 11 is 11.3. The van der Waals surface area contributed by atoms with E-state index in [1.54, 1.807) is 24.3 Å². The molecule has 124 valence electrons. The van der Waals surface area contributed by atoms with Crippen LogP contribution in [-0.4, -0.2) is 16.1 Å². The van der Waals surface area contributed by atoms with E-state index < -0.39 is 17.4 Å². The van der Waals surface area contributed by atoms with Crippen LogP contribution in [0.4, 0.5) is 5.69 Å². The predicted molar refractivity (Wildman–Crippen MR) is 90.9 cm³/mol. The molecule has 0 amide bonds. The molecule has 0 saturated carbocycles. The molecule has 0 atom stereocenters. The molecule has 0 aliphatic carbocycles. The molecule has 0 aliphatic rings. The normalized spacial score (nSPS) is 10.1. The van der Waals surface area contributed by atoms with Gasteiger partial charge in [0, 0.05) is 5.69 Å². The number of aromatic amines is 1. The van der Waals surface area contributed by atoms with Crippen LogP contribution in [0.1, 0.15) is 10.4 Å². The van der Waals surface area contributed by atoms with Gasteiger partial charge in [-0.05, 0) is 24.3 Å². The zero-order valence-corrected chi connectivity index (χ0v) is 13.4. The zero-order valence-electron chi connectivity index (χ0n) is 11.9. The van der Waals surface area contributed by atoms with Crippen LogP contribution >= 0.6 is 23.2 Å². The second kappa shape index (κ2) is 7.20. The summed E-state index contributed by atoms with van der Waals surface area (Å²) in [5.41, 5.74) is 5.17. The highest BCUT2D eigenvalue weighted by Gasteiger charge is 2.11. The van der Waals surface area contributed by atoms with Crippen LogP contribution < -0.4 is 17.1 Å². The van der Waals surface area contributed by atoms with Crippen molar-refractivity contribution in [2.24, 2.45) is 0 Å². The first-order valence-corrected chi connectivity index (χ1v) is 7.15. The summed E-state index contributed by atoms with van der Waals surface area (Å²) in [5.74, 6) is -1.88. The maximum atomic E-state index is 11.1. The van der Waals surface area contributed by atoms with Crippen molar-refractivity contribution in [1.29, 1.82) is 0 Å². The predicted octanol–water partition coefficient (Wildman–Crippen LogP) is 2.76. The Labute approximate surface area is 144 Å². The van der Waals surface area contributed by atoms with Crippen LogP contribution in [0.2, 0.25) is 10.0 Å². The van der Waals surface area contributed by atoms with Gasteiger partial charge in [0.1, 0.15) is 10.9 Å². The summed E-state index contributed by atoms with van der Waals surface area (Å²) in [7, 11) is 0. The number of fused-ring (bicyclic) bond motifs is 1. The monoisotopic (exact) mass is 368 g/mol. The van der Waals surface area contributed by atoms with Crippen molar-refractivity contribution in [2.75, 3.05) is 5.73 Å². The van der Waals surface area contributed by atoms with Crippen LogP contribution in [0.3, 0.4) is 0 Å². The van der Waals surface area contributed by atoms with E-state index in [9.17, 15) is 14.4 Å². The van der Waals surface area contributed by atoms with Gasteiger partial charge >= 0.3 is 17.4 Å². The van der Waals surface area contributed by atoms with Gasteiger partial charge in [-0.1, -0.05) is 35.3 Å². The van der Waals surface area contributed by atoms with Crippen molar-refractivity contribution in [3.05, 3.63) is 73.0 Å². The van der Waals surface area contributed by atoms with E-state index in [-0.39, 0.29) is 26.7 Å². The highest BCUT2D eigenvalue weighted by molar-refractivity contribution is 6.35. The average Bonchev–Trinajstić information content (AvgIpc) is 2.46. The first kappa shape index (κ1) is 17.6. The fourth-order valence-electron chi connectivity index (χ4n) is 1.87. The summed E-state index contributed by atoms with van der Waals surface area (Å²) in [5, 5.41) is 9.21. The van der Waals surface area contributed by atoms with Crippen molar-refractivity contribution in [3.8, 4) is 0 Å². The van der Waals surface area contributed by atoms with E-state index >= 15 is 0 Å². The van der Waals surface area contributed by atoms with Gasteiger partial charge in [0.25, 0.3) is 0 Å². The Kier molecular flexibility index (Phi) is 5.28. The van der Waals surface area contributed by atoms with Gasteiger partial charge in [-0.15, -0.1) is 0 Å². The lowest BCUT2D eigenvalue weighted by molar-refractivity contribution is 0.0698. The molecule has 7 nitrogen and oxygen atoms in total. The summed E-state index contributed by atoms with van der Waals surface area (Å²) < 4.78 is 4.32. The Morgan fingerprint density at radius 2 is 1.71 bits per heavy atom. The third-order valence-electron chi connectivity index (χ3n) is 2.90. The molecular formula is C15H10Cl2N2O5. The van der Waals surface area contributed by atoms with E-state index in [2.05, 4.69) is 9.40 Å². The number of carbonyl (C=O) groups is 1. The summed E-state index contributed by atoms with van der Waals surface area (Å²) in [4.78, 5) is 34.7. The largest absolute Gasteiger partial charge is 0.478 e. The van der Waals surface area contributed by atoms with Gasteiger partial charge in [0.15, 0.2) is 0 Å². The van der Waals surface area contributed by atoms with Crippen molar-refractivity contribution in [3.63, 3.8) is 0 Å². The first-order chi connectivity index (χ1) is 11.3. The topological polar surface area (TPSA) is 126 Å². The van der Waals surface area contributed by atoms with E-state index in [1.165, 1.54) is 12.1 Å². The highest BCUT2D eigenvalue weighted by atomic mass is 35.5. The first-order valence-electron chi connectivity index (χ1n) is 6.40. The maximum absolute atomic E-state index is 11.1. The lowest BCUT2D eigenvalue weighted by atomic mass is 10.2. The second-order valence-corrected chi connectivity index (χ2v) is 5.29. The second-order valence-electron chi connectivity index (χ2n) is 4.47. The highest BCUT2D eigenvalue weighted by Crippen LogP contribution is 2.21. The Balaban J connectivity index is 0.000000177. The Bertz CT molecular complexity index is 1010. The number of anilines is 1. The van der Waals surface area contributed by atoms with E-state index in [4.69, 9.17) is 34.0 Å². The molecule has 3 aromatic rings. The average molecular weight is 369 g/mol. The van der Waals surface area contributed by atoms with Gasteiger partial charge in [-0.2, -0.15) is 0 Å². The van der Waals surface area contributed by atoms with Gasteiger partial charge in [0.05, 0.1) is 15.6 Å². The van der Waals surface area contributed by atoms with E-state index in [0.29, 0.717) is 5.52 Å². The molecule has 0 aliphatic heterocycles. The number of halogens is 2.